The Bertz CT molecular complexity index is 231. The molecule has 0 aliphatic heterocycles. The number of hydrogen-bond acceptors (Lipinski definition) is 1. The summed E-state index contributed by atoms with van der Waals surface area (Å²) in [7, 11) is 0. The Balaban J connectivity index is 0.000000132. The van der Waals surface area contributed by atoms with Crippen LogP contribution < -0.4 is 5.73 Å². The van der Waals surface area contributed by atoms with Gasteiger partial charge in [0.2, 0.25) is 0 Å². The predicted octanol–water partition coefficient (Wildman–Crippen LogP) is 3.39. The first-order valence-corrected chi connectivity index (χ1v) is 4.85. The van der Waals surface area contributed by atoms with Gasteiger partial charge >= 0.3 is 0 Å². The second kappa shape index (κ2) is 6.30. The van der Waals surface area contributed by atoms with Crippen LogP contribution in [-0.4, -0.2) is 0 Å². The Kier molecular flexibility index (Phi) is 4.77. The molecule has 0 aromatic heterocycles. The third-order valence-corrected chi connectivity index (χ3v) is 1.96. The molecule has 2 N–H and O–H groups in total. The van der Waals surface area contributed by atoms with Crippen molar-refractivity contribution >= 4 is 5.69 Å². The fourth-order valence-corrected chi connectivity index (χ4v) is 1.21. The highest BCUT2D eigenvalue weighted by Gasteiger charge is 1.87. The van der Waals surface area contributed by atoms with E-state index in [-0.39, 0.29) is 0 Å². The highest BCUT2D eigenvalue weighted by molar-refractivity contribution is 5.35. The first-order valence-electron chi connectivity index (χ1n) is 4.85. The van der Waals surface area contributed by atoms with E-state index < -0.39 is 0 Å². The average molecular weight is 175 g/mol. The molecule has 1 aliphatic rings. The maximum atomic E-state index is 5.36. The molecule has 0 radical (unpaired) electrons. The Morgan fingerprint density at radius 2 is 1.38 bits per heavy atom. The van der Waals surface area contributed by atoms with E-state index in [9.17, 15) is 0 Å². The van der Waals surface area contributed by atoms with Crippen molar-refractivity contribution in [1.29, 1.82) is 0 Å². The van der Waals surface area contributed by atoms with E-state index in [1.807, 2.05) is 30.3 Å². The summed E-state index contributed by atoms with van der Waals surface area (Å²) in [5, 5.41) is 0. The molecule has 1 aliphatic carbocycles. The van der Waals surface area contributed by atoms with Gasteiger partial charge in [-0.1, -0.05) is 30.4 Å². The van der Waals surface area contributed by atoms with E-state index >= 15 is 0 Å². The Morgan fingerprint density at radius 1 is 0.846 bits per heavy atom. The van der Waals surface area contributed by atoms with Crippen molar-refractivity contribution in [1.82, 2.24) is 0 Å². The number of rotatable bonds is 0. The lowest BCUT2D eigenvalue weighted by Crippen LogP contribution is -1.79. The zero-order valence-corrected chi connectivity index (χ0v) is 7.95. The molecule has 70 valence electrons. The minimum absolute atomic E-state index is 0.822. The van der Waals surface area contributed by atoms with Crippen LogP contribution in [0.25, 0.3) is 0 Å². The second-order valence-electron chi connectivity index (χ2n) is 3.17. The molecule has 0 spiro atoms. The van der Waals surface area contributed by atoms with Gasteiger partial charge < -0.3 is 5.73 Å². The second-order valence-corrected chi connectivity index (χ2v) is 3.17. The van der Waals surface area contributed by atoms with E-state index in [0.717, 1.165) is 5.69 Å². The Morgan fingerprint density at radius 3 is 1.62 bits per heavy atom. The lowest BCUT2D eigenvalue weighted by atomic mass is 10.1. The van der Waals surface area contributed by atoms with Gasteiger partial charge in [0.1, 0.15) is 0 Å². The van der Waals surface area contributed by atoms with Gasteiger partial charge in [0.05, 0.1) is 0 Å². The van der Waals surface area contributed by atoms with Crippen LogP contribution in [-0.2, 0) is 0 Å². The predicted molar refractivity (Wildman–Crippen MR) is 58.5 cm³/mol. The molecule has 0 fully saturated rings. The van der Waals surface area contributed by atoms with E-state index in [1.54, 1.807) is 0 Å². The Hall–Kier alpha value is -1.24. The smallest absolute Gasteiger partial charge is 0.0313 e. The summed E-state index contributed by atoms with van der Waals surface area (Å²) >= 11 is 0. The number of nitrogens with two attached hydrogens (primary N) is 1. The van der Waals surface area contributed by atoms with Crippen LogP contribution in [0.4, 0.5) is 5.69 Å². The molecule has 0 atom stereocenters. The molecular weight excluding hydrogens is 158 g/mol. The minimum Gasteiger partial charge on any atom is -0.399 e. The quantitative estimate of drug-likeness (QED) is 0.474. The van der Waals surface area contributed by atoms with Crippen molar-refractivity contribution in [2.75, 3.05) is 5.73 Å². The molecule has 0 amide bonds. The molecule has 0 bridgehead atoms. The van der Waals surface area contributed by atoms with Crippen molar-refractivity contribution in [2.45, 2.75) is 25.7 Å². The Labute approximate surface area is 80.3 Å². The lowest BCUT2D eigenvalue weighted by molar-refractivity contribution is 0.730. The van der Waals surface area contributed by atoms with Crippen LogP contribution in [0.15, 0.2) is 42.5 Å². The molecule has 2 rings (SSSR count). The van der Waals surface area contributed by atoms with Crippen LogP contribution in [0.5, 0.6) is 0 Å². The third kappa shape index (κ3) is 5.07. The largest absolute Gasteiger partial charge is 0.399 e. The maximum Gasteiger partial charge on any atom is 0.0313 e. The van der Waals surface area contributed by atoms with Gasteiger partial charge in [-0.25, -0.2) is 0 Å². The van der Waals surface area contributed by atoms with Crippen molar-refractivity contribution in [3.8, 4) is 0 Å². The zero-order chi connectivity index (χ0) is 9.36. The number of hydrogen-bond donors (Lipinski definition) is 1. The van der Waals surface area contributed by atoms with E-state index in [4.69, 9.17) is 5.73 Å². The SMILES string of the molecule is C1=CCCCC1.Nc1ccccc1. The van der Waals surface area contributed by atoms with Gasteiger partial charge in [0.25, 0.3) is 0 Å². The zero-order valence-electron chi connectivity index (χ0n) is 7.95. The molecule has 1 aromatic rings. The first kappa shape index (κ1) is 9.85. The lowest BCUT2D eigenvalue weighted by Gasteiger charge is -1.97. The van der Waals surface area contributed by atoms with Gasteiger partial charge in [-0.2, -0.15) is 0 Å². The highest BCUT2D eigenvalue weighted by atomic mass is 14.5. The van der Waals surface area contributed by atoms with Gasteiger partial charge in [0, 0.05) is 5.69 Å². The molecule has 0 saturated carbocycles. The van der Waals surface area contributed by atoms with E-state index in [0.29, 0.717) is 0 Å². The summed E-state index contributed by atoms with van der Waals surface area (Å²) in [5.41, 5.74) is 6.18. The molecule has 1 heteroatoms. The summed E-state index contributed by atoms with van der Waals surface area (Å²) < 4.78 is 0. The summed E-state index contributed by atoms with van der Waals surface area (Å²) in [6.45, 7) is 0. The van der Waals surface area contributed by atoms with Crippen molar-refractivity contribution < 1.29 is 0 Å². The van der Waals surface area contributed by atoms with Gasteiger partial charge in [-0.05, 0) is 37.8 Å². The third-order valence-electron chi connectivity index (χ3n) is 1.96. The van der Waals surface area contributed by atoms with Gasteiger partial charge in [-0.15, -0.1) is 0 Å². The summed E-state index contributed by atoms with van der Waals surface area (Å²) in [5.74, 6) is 0. The fourth-order valence-electron chi connectivity index (χ4n) is 1.21. The first-order chi connectivity index (χ1) is 6.39. The molecule has 0 heterocycles. The van der Waals surface area contributed by atoms with Gasteiger partial charge in [0.15, 0.2) is 0 Å². The summed E-state index contributed by atoms with van der Waals surface area (Å²) in [6, 6.07) is 9.49. The number of benzene rings is 1. The molecular formula is C12H17N. The topological polar surface area (TPSA) is 26.0 Å². The van der Waals surface area contributed by atoms with E-state index in [2.05, 4.69) is 12.2 Å². The van der Waals surface area contributed by atoms with Crippen LogP contribution in [0, 0.1) is 0 Å². The van der Waals surface area contributed by atoms with Crippen LogP contribution in [0.3, 0.4) is 0 Å². The van der Waals surface area contributed by atoms with Gasteiger partial charge in [-0.3, -0.25) is 0 Å². The molecule has 0 saturated heterocycles. The number of para-hydroxylation sites is 1. The van der Waals surface area contributed by atoms with Crippen LogP contribution in [0.1, 0.15) is 25.7 Å². The van der Waals surface area contributed by atoms with Crippen molar-refractivity contribution in [2.24, 2.45) is 0 Å². The summed E-state index contributed by atoms with van der Waals surface area (Å²) in [4.78, 5) is 0. The molecule has 1 nitrogen and oxygen atoms in total. The number of anilines is 1. The fraction of sp³-hybridized carbons (Fsp3) is 0.333. The monoisotopic (exact) mass is 175 g/mol. The minimum atomic E-state index is 0.822. The molecule has 1 aromatic carbocycles. The molecule has 13 heavy (non-hydrogen) atoms. The van der Waals surface area contributed by atoms with Crippen molar-refractivity contribution in [3.05, 3.63) is 42.5 Å². The van der Waals surface area contributed by atoms with E-state index in [1.165, 1.54) is 25.7 Å². The van der Waals surface area contributed by atoms with Crippen LogP contribution >= 0.6 is 0 Å². The number of nitrogen functional groups attached to an aromatic ring is 1. The normalized spacial score (nSPS) is 14.5. The highest BCUT2D eigenvalue weighted by Crippen LogP contribution is 2.07. The maximum absolute atomic E-state index is 5.36. The average Bonchev–Trinajstić information content (AvgIpc) is 2.22. The van der Waals surface area contributed by atoms with Crippen LogP contribution in [0.2, 0.25) is 0 Å². The number of allylic oxidation sites excluding steroid dienone is 2. The van der Waals surface area contributed by atoms with Crippen molar-refractivity contribution in [3.63, 3.8) is 0 Å². The standard InChI is InChI=1S/C6H7N.C6H10/c7-6-4-2-1-3-5-6;1-2-4-6-5-3-1/h1-5H,7H2;1-2H,3-6H2. The molecule has 0 unspecified atom stereocenters. The summed E-state index contributed by atoms with van der Waals surface area (Å²) in [6.07, 6.45) is 10.0.